The molecular formula is C10H16N2O. The molecule has 0 radical (unpaired) electrons. The van der Waals surface area contributed by atoms with Gasteiger partial charge in [0, 0.05) is 19.0 Å². The van der Waals surface area contributed by atoms with Gasteiger partial charge in [-0.25, -0.2) is 4.79 Å². The minimum Gasteiger partial charge on any atom is -0.337 e. The number of hydrogen-bond donors (Lipinski definition) is 2. The molecule has 0 aromatic carbocycles. The first-order chi connectivity index (χ1) is 6.33. The van der Waals surface area contributed by atoms with Crippen LogP contribution in [0.2, 0.25) is 0 Å². The fourth-order valence-corrected chi connectivity index (χ4v) is 1.15. The van der Waals surface area contributed by atoms with Gasteiger partial charge >= 0.3 is 6.03 Å². The van der Waals surface area contributed by atoms with Crippen molar-refractivity contribution in [1.82, 2.24) is 10.6 Å². The van der Waals surface area contributed by atoms with Gasteiger partial charge in [-0.2, -0.15) is 0 Å². The summed E-state index contributed by atoms with van der Waals surface area (Å²) in [5.41, 5.74) is 0. The summed E-state index contributed by atoms with van der Waals surface area (Å²) < 4.78 is 0. The number of rotatable bonds is 3. The highest BCUT2D eigenvalue weighted by molar-refractivity contribution is 5.74. The van der Waals surface area contributed by atoms with E-state index in [0.29, 0.717) is 12.6 Å². The number of nitrogens with one attached hydrogen (secondary N) is 2. The monoisotopic (exact) mass is 180 g/mol. The van der Waals surface area contributed by atoms with Gasteiger partial charge in [-0.05, 0) is 26.2 Å². The summed E-state index contributed by atoms with van der Waals surface area (Å²) in [6, 6.07) is 0.361. The highest BCUT2D eigenvalue weighted by Gasteiger charge is 2.18. The van der Waals surface area contributed by atoms with Crippen molar-refractivity contribution in [2.24, 2.45) is 0 Å². The van der Waals surface area contributed by atoms with Gasteiger partial charge in [0.25, 0.3) is 0 Å². The van der Waals surface area contributed by atoms with Crippen LogP contribution < -0.4 is 10.6 Å². The molecule has 0 aliphatic heterocycles. The van der Waals surface area contributed by atoms with E-state index < -0.39 is 0 Å². The Kier molecular flexibility index (Phi) is 4.17. The van der Waals surface area contributed by atoms with E-state index in [2.05, 4.69) is 22.5 Å². The van der Waals surface area contributed by atoms with Gasteiger partial charge in [-0.1, -0.05) is 0 Å². The summed E-state index contributed by atoms with van der Waals surface area (Å²) >= 11 is 0. The molecule has 0 atom stereocenters. The molecule has 3 heteroatoms. The molecule has 0 aromatic rings. The lowest BCUT2D eigenvalue weighted by Gasteiger charge is -2.26. The molecule has 72 valence electrons. The maximum atomic E-state index is 11.1. The van der Waals surface area contributed by atoms with Crippen molar-refractivity contribution in [1.29, 1.82) is 0 Å². The number of hydrogen-bond acceptors (Lipinski definition) is 1. The quantitative estimate of drug-likeness (QED) is 0.498. The third kappa shape index (κ3) is 3.84. The van der Waals surface area contributed by atoms with Crippen molar-refractivity contribution in [3.63, 3.8) is 0 Å². The minimum atomic E-state index is -0.0531. The van der Waals surface area contributed by atoms with Crippen molar-refractivity contribution < 1.29 is 4.79 Å². The van der Waals surface area contributed by atoms with Crippen molar-refractivity contribution >= 4 is 6.03 Å². The normalized spacial score (nSPS) is 15.2. The van der Waals surface area contributed by atoms with Crippen LogP contribution in [0.25, 0.3) is 0 Å². The Labute approximate surface area is 79.3 Å². The second kappa shape index (κ2) is 5.47. The van der Waals surface area contributed by atoms with Crippen LogP contribution in [0.4, 0.5) is 4.79 Å². The summed E-state index contributed by atoms with van der Waals surface area (Å²) in [7, 11) is 0. The van der Waals surface area contributed by atoms with Gasteiger partial charge < -0.3 is 10.6 Å². The summed E-state index contributed by atoms with van der Waals surface area (Å²) in [6.07, 6.45) is 4.23. The third-order valence-corrected chi connectivity index (χ3v) is 2.15. The molecule has 2 N–H and O–H groups in total. The average Bonchev–Trinajstić information content (AvgIpc) is 2.06. The topological polar surface area (TPSA) is 41.1 Å². The SMILES string of the molecule is CC#CCCNC(=O)NC1CCC1. The van der Waals surface area contributed by atoms with Gasteiger partial charge in [0.2, 0.25) is 0 Å². The van der Waals surface area contributed by atoms with Crippen LogP contribution in [0.3, 0.4) is 0 Å². The molecule has 1 aliphatic rings. The van der Waals surface area contributed by atoms with Crippen LogP contribution in [0.5, 0.6) is 0 Å². The molecule has 1 rings (SSSR count). The molecule has 0 spiro atoms. The molecule has 1 saturated carbocycles. The summed E-state index contributed by atoms with van der Waals surface area (Å²) in [6.45, 7) is 2.44. The van der Waals surface area contributed by atoms with E-state index >= 15 is 0 Å². The van der Waals surface area contributed by atoms with Gasteiger partial charge in [0.15, 0.2) is 0 Å². The number of urea groups is 1. The van der Waals surface area contributed by atoms with Crippen LogP contribution in [-0.4, -0.2) is 18.6 Å². The van der Waals surface area contributed by atoms with Crippen LogP contribution in [0.15, 0.2) is 0 Å². The molecule has 0 aromatic heterocycles. The van der Waals surface area contributed by atoms with E-state index in [0.717, 1.165) is 19.3 Å². The molecule has 13 heavy (non-hydrogen) atoms. The number of amides is 2. The lowest BCUT2D eigenvalue weighted by molar-refractivity contribution is 0.228. The highest BCUT2D eigenvalue weighted by atomic mass is 16.2. The lowest BCUT2D eigenvalue weighted by Crippen LogP contribution is -2.45. The van der Waals surface area contributed by atoms with E-state index in [4.69, 9.17) is 0 Å². The predicted molar refractivity (Wildman–Crippen MR) is 52.2 cm³/mol. The smallest absolute Gasteiger partial charge is 0.315 e. The molecule has 0 unspecified atom stereocenters. The van der Waals surface area contributed by atoms with Gasteiger partial charge in [0.1, 0.15) is 0 Å². The lowest BCUT2D eigenvalue weighted by atomic mass is 9.93. The largest absolute Gasteiger partial charge is 0.337 e. The molecule has 0 bridgehead atoms. The molecular weight excluding hydrogens is 164 g/mol. The molecule has 1 aliphatic carbocycles. The highest BCUT2D eigenvalue weighted by Crippen LogP contribution is 2.17. The Balaban J connectivity index is 1.99. The Morgan fingerprint density at radius 3 is 2.85 bits per heavy atom. The summed E-state index contributed by atoms with van der Waals surface area (Å²) in [5.74, 6) is 5.68. The first-order valence-corrected chi connectivity index (χ1v) is 4.77. The maximum absolute atomic E-state index is 11.1. The number of carbonyl (C=O) groups is 1. The standard InChI is InChI=1S/C10H16N2O/c1-2-3-4-8-11-10(13)12-9-6-5-7-9/h9H,4-8H2,1H3,(H2,11,12,13). The number of carbonyl (C=O) groups excluding carboxylic acids is 1. The van der Waals surface area contributed by atoms with Crippen molar-refractivity contribution in [2.45, 2.75) is 38.6 Å². The van der Waals surface area contributed by atoms with Crippen LogP contribution in [0.1, 0.15) is 32.6 Å². The summed E-state index contributed by atoms with van der Waals surface area (Å²) in [5, 5.41) is 5.66. The van der Waals surface area contributed by atoms with Gasteiger partial charge in [-0.15, -0.1) is 11.8 Å². The fraction of sp³-hybridized carbons (Fsp3) is 0.700. The van der Waals surface area contributed by atoms with E-state index in [9.17, 15) is 4.79 Å². The molecule has 2 amide bonds. The zero-order chi connectivity index (χ0) is 9.52. The second-order valence-corrected chi connectivity index (χ2v) is 3.20. The van der Waals surface area contributed by atoms with Crippen molar-refractivity contribution in [3.05, 3.63) is 0 Å². The molecule has 1 fully saturated rings. The van der Waals surface area contributed by atoms with Crippen LogP contribution >= 0.6 is 0 Å². The zero-order valence-electron chi connectivity index (χ0n) is 8.02. The van der Waals surface area contributed by atoms with Crippen molar-refractivity contribution in [3.8, 4) is 11.8 Å². The third-order valence-electron chi connectivity index (χ3n) is 2.15. The Morgan fingerprint density at radius 2 is 2.31 bits per heavy atom. The Hall–Kier alpha value is -1.17. The fourth-order valence-electron chi connectivity index (χ4n) is 1.15. The van der Waals surface area contributed by atoms with Crippen LogP contribution in [0, 0.1) is 11.8 Å². The molecule has 3 nitrogen and oxygen atoms in total. The average molecular weight is 180 g/mol. The van der Waals surface area contributed by atoms with E-state index in [1.165, 1.54) is 6.42 Å². The van der Waals surface area contributed by atoms with Crippen LogP contribution in [-0.2, 0) is 0 Å². The van der Waals surface area contributed by atoms with E-state index in [1.807, 2.05) is 0 Å². The Bertz CT molecular complexity index is 223. The second-order valence-electron chi connectivity index (χ2n) is 3.20. The van der Waals surface area contributed by atoms with Crippen molar-refractivity contribution in [2.75, 3.05) is 6.54 Å². The van der Waals surface area contributed by atoms with E-state index in [1.54, 1.807) is 6.92 Å². The Morgan fingerprint density at radius 1 is 1.54 bits per heavy atom. The van der Waals surface area contributed by atoms with E-state index in [-0.39, 0.29) is 6.03 Å². The minimum absolute atomic E-state index is 0.0531. The molecule has 0 saturated heterocycles. The predicted octanol–water partition coefficient (Wildman–Crippen LogP) is 1.25. The first kappa shape index (κ1) is 9.91. The first-order valence-electron chi connectivity index (χ1n) is 4.77. The van der Waals surface area contributed by atoms with Gasteiger partial charge in [0.05, 0.1) is 0 Å². The zero-order valence-corrected chi connectivity index (χ0v) is 8.02. The summed E-state index contributed by atoms with van der Waals surface area (Å²) in [4.78, 5) is 11.1. The molecule has 0 heterocycles. The maximum Gasteiger partial charge on any atom is 0.315 e. The van der Waals surface area contributed by atoms with Gasteiger partial charge in [-0.3, -0.25) is 0 Å².